The molecule has 1 aromatic carbocycles. The van der Waals surface area contributed by atoms with Gasteiger partial charge >= 0.3 is 0 Å². The van der Waals surface area contributed by atoms with Crippen molar-refractivity contribution in [2.45, 2.75) is 58.1 Å². The first-order valence-corrected chi connectivity index (χ1v) is 7.94. The van der Waals surface area contributed by atoms with Crippen molar-refractivity contribution in [3.63, 3.8) is 0 Å². The average molecular weight is 275 g/mol. The molecule has 0 amide bonds. The summed E-state index contributed by atoms with van der Waals surface area (Å²) >= 11 is 0. The van der Waals surface area contributed by atoms with E-state index in [1.807, 2.05) is 0 Å². The van der Waals surface area contributed by atoms with Crippen molar-refractivity contribution in [1.82, 2.24) is 4.90 Å². The molecule has 1 heterocycles. The van der Waals surface area contributed by atoms with Gasteiger partial charge < -0.3 is 5.11 Å². The molecule has 1 saturated heterocycles. The molecule has 0 aliphatic carbocycles. The van der Waals surface area contributed by atoms with E-state index < -0.39 is 0 Å². The first kappa shape index (κ1) is 15.5. The summed E-state index contributed by atoms with van der Waals surface area (Å²) < 4.78 is 0. The Balaban J connectivity index is 2.10. The van der Waals surface area contributed by atoms with Gasteiger partial charge in [-0.15, -0.1) is 0 Å². The highest BCUT2D eigenvalue weighted by molar-refractivity contribution is 5.19. The van der Waals surface area contributed by atoms with Crippen molar-refractivity contribution in [3.05, 3.63) is 35.9 Å². The minimum atomic E-state index is -0.150. The molecule has 20 heavy (non-hydrogen) atoms. The molecule has 0 saturated carbocycles. The lowest BCUT2D eigenvalue weighted by molar-refractivity contribution is -0.0495. The predicted octanol–water partition coefficient (Wildman–Crippen LogP) is 3.66. The van der Waals surface area contributed by atoms with Crippen LogP contribution in [0.5, 0.6) is 0 Å². The molecule has 112 valence electrons. The van der Waals surface area contributed by atoms with Crippen molar-refractivity contribution in [2.24, 2.45) is 5.92 Å². The van der Waals surface area contributed by atoms with Gasteiger partial charge in [-0.2, -0.15) is 0 Å². The van der Waals surface area contributed by atoms with Crippen LogP contribution in [0.1, 0.15) is 52.0 Å². The smallest absolute Gasteiger partial charge is 0.0595 e. The number of hydrogen-bond donors (Lipinski definition) is 1. The Morgan fingerprint density at radius 1 is 1.35 bits per heavy atom. The van der Waals surface area contributed by atoms with Gasteiger partial charge in [0.15, 0.2) is 0 Å². The fraction of sp³-hybridized carbons (Fsp3) is 0.667. The molecule has 0 aromatic heterocycles. The molecule has 1 aliphatic rings. The van der Waals surface area contributed by atoms with E-state index in [-0.39, 0.29) is 11.6 Å². The largest absolute Gasteiger partial charge is 0.393 e. The summed E-state index contributed by atoms with van der Waals surface area (Å²) in [7, 11) is 0. The van der Waals surface area contributed by atoms with Crippen LogP contribution in [0, 0.1) is 5.92 Å². The minimum Gasteiger partial charge on any atom is -0.393 e. The zero-order valence-electron chi connectivity index (χ0n) is 13.3. The molecule has 1 fully saturated rings. The Hall–Kier alpha value is -0.860. The van der Waals surface area contributed by atoms with Crippen molar-refractivity contribution in [1.29, 1.82) is 0 Å². The van der Waals surface area contributed by atoms with Crippen molar-refractivity contribution in [3.8, 4) is 0 Å². The lowest BCUT2D eigenvalue weighted by Crippen LogP contribution is -2.57. The molecule has 0 radical (unpaired) electrons. The summed E-state index contributed by atoms with van der Waals surface area (Å²) in [6.07, 6.45) is 1.84. The quantitative estimate of drug-likeness (QED) is 0.906. The summed E-state index contributed by atoms with van der Waals surface area (Å²) in [5.41, 5.74) is 1.54. The Bertz CT molecular complexity index is 419. The summed E-state index contributed by atoms with van der Waals surface area (Å²) in [5, 5.41) is 10.2. The lowest BCUT2D eigenvalue weighted by atomic mass is 9.79. The summed E-state index contributed by atoms with van der Waals surface area (Å²) in [5.74, 6) is 0.905. The molecule has 1 N–H and O–H groups in total. The maximum Gasteiger partial charge on any atom is 0.0595 e. The van der Waals surface area contributed by atoms with Crippen LogP contribution in [0.3, 0.4) is 0 Å². The van der Waals surface area contributed by atoms with Crippen LogP contribution in [0.25, 0.3) is 0 Å². The Morgan fingerprint density at radius 2 is 2.00 bits per heavy atom. The molecule has 4 unspecified atom stereocenters. The van der Waals surface area contributed by atoms with Crippen molar-refractivity contribution >= 4 is 0 Å². The Morgan fingerprint density at radius 3 is 2.60 bits per heavy atom. The van der Waals surface area contributed by atoms with Gasteiger partial charge in [-0.25, -0.2) is 0 Å². The van der Waals surface area contributed by atoms with Gasteiger partial charge in [-0.1, -0.05) is 51.1 Å². The number of rotatable bonds is 4. The SMILES string of the molecule is CCC1(C)CC(O)C(C)CN1CC(C)c1ccccc1. The molecule has 0 bridgehead atoms. The number of aliphatic hydroxyl groups is 1. The van der Waals surface area contributed by atoms with Gasteiger partial charge in [0.25, 0.3) is 0 Å². The van der Waals surface area contributed by atoms with Crippen molar-refractivity contribution < 1.29 is 5.11 Å². The second-order valence-electron chi connectivity index (χ2n) is 6.82. The molecule has 2 rings (SSSR count). The zero-order valence-corrected chi connectivity index (χ0v) is 13.3. The number of benzene rings is 1. The van der Waals surface area contributed by atoms with Crippen LogP contribution in [-0.2, 0) is 0 Å². The summed E-state index contributed by atoms with van der Waals surface area (Å²) in [6, 6.07) is 10.7. The molecular weight excluding hydrogens is 246 g/mol. The third-order valence-electron chi connectivity index (χ3n) is 5.20. The number of nitrogens with zero attached hydrogens (tertiary/aromatic N) is 1. The van der Waals surface area contributed by atoms with E-state index in [1.54, 1.807) is 0 Å². The fourth-order valence-corrected chi connectivity index (χ4v) is 3.35. The first-order chi connectivity index (χ1) is 9.46. The van der Waals surface area contributed by atoms with Gasteiger partial charge in [-0.3, -0.25) is 4.90 Å². The minimum absolute atomic E-state index is 0.134. The van der Waals surface area contributed by atoms with Crippen LogP contribution < -0.4 is 0 Å². The molecule has 0 spiro atoms. The highest BCUT2D eigenvalue weighted by atomic mass is 16.3. The van der Waals surface area contributed by atoms with Gasteiger partial charge in [0.05, 0.1) is 6.10 Å². The van der Waals surface area contributed by atoms with Crippen LogP contribution in [0.4, 0.5) is 0 Å². The molecular formula is C18H29NO. The number of hydrogen-bond acceptors (Lipinski definition) is 2. The third kappa shape index (κ3) is 3.24. The number of piperidine rings is 1. The second kappa shape index (κ2) is 6.28. The van der Waals surface area contributed by atoms with E-state index in [4.69, 9.17) is 0 Å². The van der Waals surface area contributed by atoms with E-state index in [1.165, 1.54) is 5.56 Å². The van der Waals surface area contributed by atoms with Crippen molar-refractivity contribution in [2.75, 3.05) is 13.1 Å². The van der Waals surface area contributed by atoms with E-state index in [9.17, 15) is 5.11 Å². The van der Waals surface area contributed by atoms with Crippen LogP contribution in [-0.4, -0.2) is 34.7 Å². The van der Waals surface area contributed by atoms with E-state index in [2.05, 4.69) is 62.9 Å². The van der Waals surface area contributed by atoms with Gasteiger partial charge in [0.2, 0.25) is 0 Å². The Kier molecular flexibility index (Phi) is 4.87. The maximum atomic E-state index is 10.2. The normalized spacial score (nSPS) is 33.0. The monoisotopic (exact) mass is 275 g/mol. The molecule has 2 heteroatoms. The fourth-order valence-electron chi connectivity index (χ4n) is 3.35. The second-order valence-corrected chi connectivity index (χ2v) is 6.82. The summed E-state index contributed by atoms with van der Waals surface area (Å²) in [4.78, 5) is 2.60. The van der Waals surface area contributed by atoms with E-state index in [0.717, 1.165) is 25.9 Å². The number of aliphatic hydroxyl groups excluding tert-OH is 1. The number of likely N-dealkylation sites (tertiary alicyclic amines) is 1. The average Bonchev–Trinajstić information content (AvgIpc) is 2.45. The zero-order chi connectivity index (χ0) is 14.8. The standard InChI is InChI=1S/C18H29NO/c1-5-18(4)11-17(20)15(3)13-19(18)12-14(2)16-9-7-6-8-10-16/h6-10,14-15,17,20H,5,11-13H2,1-4H3. The highest BCUT2D eigenvalue weighted by Gasteiger charge is 2.40. The predicted molar refractivity (Wildman–Crippen MR) is 84.9 cm³/mol. The van der Waals surface area contributed by atoms with E-state index >= 15 is 0 Å². The molecule has 1 aromatic rings. The first-order valence-electron chi connectivity index (χ1n) is 7.94. The maximum absolute atomic E-state index is 10.2. The van der Waals surface area contributed by atoms with Crippen LogP contribution >= 0.6 is 0 Å². The summed E-state index contributed by atoms with van der Waals surface area (Å²) in [6.45, 7) is 11.1. The lowest BCUT2D eigenvalue weighted by Gasteiger charge is -2.49. The highest BCUT2D eigenvalue weighted by Crippen LogP contribution is 2.35. The van der Waals surface area contributed by atoms with Gasteiger partial charge in [-0.05, 0) is 37.2 Å². The van der Waals surface area contributed by atoms with E-state index in [0.29, 0.717) is 11.8 Å². The van der Waals surface area contributed by atoms with Gasteiger partial charge in [0, 0.05) is 18.6 Å². The Labute approximate surface area is 123 Å². The van der Waals surface area contributed by atoms with Gasteiger partial charge in [0.1, 0.15) is 0 Å². The third-order valence-corrected chi connectivity index (χ3v) is 5.20. The van der Waals surface area contributed by atoms with Crippen LogP contribution in [0.15, 0.2) is 30.3 Å². The topological polar surface area (TPSA) is 23.5 Å². The molecule has 4 atom stereocenters. The molecule has 2 nitrogen and oxygen atoms in total. The van der Waals surface area contributed by atoms with Crippen LogP contribution in [0.2, 0.25) is 0 Å². The molecule has 1 aliphatic heterocycles.